The topological polar surface area (TPSA) is 105 Å². The molecule has 0 rings (SSSR count). The Morgan fingerprint density at radius 1 is 0.950 bits per heavy atom. The van der Waals surface area contributed by atoms with Crippen molar-refractivity contribution < 1.29 is 5.11 Å². The number of aliphatic hydroxyl groups excluding tert-OH is 1. The van der Waals surface area contributed by atoms with Gasteiger partial charge in [-0.05, 0) is 26.3 Å². The molecule has 0 aliphatic heterocycles. The highest BCUT2D eigenvalue weighted by molar-refractivity contribution is 4.74. The van der Waals surface area contributed by atoms with E-state index >= 15 is 0 Å². The fraction of sp³-hybridized carbons (Fsp3) is 1.00. The molecule has 0 amide bonds. The highest BCUT2D eigenvalue weighted by Gasteiger charge is 2.17. The number of nitrogens with two attached hydrogens (primary N) is 3. The van der Waals surface area contributed by atoms with Crippen LogP contribution >= 0.6 is 0 Å². The number of rotatable bonds is 13. The van der Waals surface area contributed by atoms with E-state index in [0.29, 0.717) is 32.2 Å². The van der Waals surface area contributed by atoms with E-state index in [4.69, 9.17) is 17.2 Å². The summed E-state index contributed by atoms with van der Waals surface area (Å²) >= 11 is 0. The third-order valence-electron chi connectivity index (χ3n) is 3.57. The summed E-state index contributed by atoms with van der Waals surface area (Å²) in [7, 11) is 0. The normalized spacial score (nSPS) is 15.0. The van der Waals surface area contributed by atoms with Crippen LogP contribution in [0.5, 0.6) is 0 Å². The minimum absolute atomic E-state index is 0.314. The zero-order chi connectivity index (χ0) is 15.4. The average Bonchev–Trinajstić information content (AvgIpc) is 2.39. The highest BCUT2D eigenvalue weighted by atomic mass is 16.3. The van der Waals surface area contributed by atoms with E-state index in [1.54, 1.807) is 0 Å². The van der Waals surface area contributed by atoms with Crippen molar-refractivity contribution in [3.8, 4) is 0 Å². The largest absolute Gasteiger partial charge is 0.392 e. The lowest BCUT2D eigenvalue weighted by Crippen LogP contribution is -2.44. The minimum atomic E-state index is -0.314. The molecule has 0 aliphatic rings. The van der Waals surface area contributed by atoms with Gasteiger partial charge in [0.1, 0.15) is 0 Å². The summed E-state index contributed by atoms with van der Waals surface area (Å²) < 4.78 is 0. The summed E-state index contributed by atoms with van der Waals surface area (Å²) in [5.74, 6) is 0. The lowest BCUT2D eigenvalue weighted by atomic mass is 10.1. The zero-order valence-electron chi connectivity index (χ0n) is 13.3. The van der Waals surface area contributed by atoms with Crippen molar-refractivity contribution in [3.05, 3.63) is 0 Å². The second kappa shape index (κ2) is 12.5. The van der Waals surface area contributed by atoms with Crippen LogP contribution in [0.25, 0.3) is 0 Å². The Balaban J connectivity index is 4.35. The average molecular weight is 289 g/mol. The number of hydrogen-bond acceptors (Lipinski definition) is 6. The quantitative estimate of drug-likeness (QED) is 0.347. The number of hydrogen-bond donors (Lipinski definition) is 4. The van der Waals surface area contributed by atoms with Crippen molar-refractivity contribution in [2.75, 3.05) is 52.4 Å². The number of nitrogens with zero attached hydrogens (tertiary/aromatic N) is 2. The molecular weight excluding hydrogens is 254 g/mol. The Morgan fingerprint density at radius 3 is 1.90 bits per heavy atom. The molecule has 0 radical (unpaired) electrons. The summed E-state index contributed by atoms with van der Waals surface area (Å²) in [6.07, 6.45) is 1.83. The molecule has 0 fully saturated rings. The van der Waals surface area contributed by atoms with Crippen LogP contribution in [-0.2, 0) is 0 Å². The van der Waals surface area contributed by atoms with E-state index in [2.05, 4.69) is 16.7 Å². The molecule has 122 valence electrons. The van der Waals surface area contributed by atoms with Crippen LogP contribution < -0.4 is 17.2 Å². The Labute approximate surface area is 124 Å². The van der Waals surface area contributed by atoms with Gasteiger partial charge in [0.05, 0.1) is 6.10 Å². The highest BCUT2D eigenvalue weighted by Crippen LogP contribution is 2.09. The molecule has 7 N–H and O–H groups in total. The van der Waals surface area contributed by atoms with E-state index in [0.717, 1.165) is 39.0 Å². The maximum Gasteiger partial charge on any atom is 0.0639 e. The van der Waals surface area contributed by atoms with E-state index in [-0.39, 0.29) is 6.10 Å². The third-order valence-corrected chi connectivity index (χ3v) is 3.57. The van der Waals surface area contributed by atoms with Gasteiger partial charge in [0.25, 0.3) is 0 Å². The van der Waals surface area contributed by atoms with Crippen LogP contribution in [0.2, 0.25) is 0 Å². The molecule has 0 aromatic carbocycles. The van der Waals surface area contributed by atoms with Crippen LogP contribution in [0.3, 0.4) is 0 Å². The predicted molar refractivity (Wildman–Crippen MR) is 85.6 cm³/mol. The van der Waals surface area contributed by atoms with Gasteiger partial charge < -0.3 is 22.3 Å². The fourth-order valence-electron chi connectivity index (χ4n) is 2.64. The maximum absolute atomic E-state index is 9.52. The summed E-state index contributed by atoms with van der Waals surface area (Å²) in [6, 6.07) is 0.497. The van der Waals surface area contributed by atoms with Crippen molar-refractivity contribution >= 4 is 0 Å². The minimum Gasteiger partial charge on any atom is -0.392 e. The van der Waals surface area contributed by atoms with Crippen molar-refractivity contribution in [1.29, 1.82) is 0 Å². The Bertz CT molecular complexity index is 210. The van der Waals surface area contributed by atoms with Crippen LogP contribution in [0.4, 0.5) is 0 Å². The van der Waals surface area contributed by atoms with Gasteiger partial charge in [-0.1, -0.05) is 6.92 Å². The maximum atomic E-state index is 9.52. The van der Waals surface area contributed by atoms with Crippen molar-refractivity contribution in [3.63, 3.8) is 0 Å². The molecule has 0 heterocycles. The first-order valence-electron chi connectivity index (χ1n) is 7.83. The lowest BCUT2D eigenvalue weighted by Gasteiger charge is -2.32. The van der Waals surface area contributed by atoms with E-state index < -0.39 is 0 Å². The molecule has 2 atom stereocenters. The van der Waals surface area contributed by atoms with Gasteiger partial charge in [0.2, 0.25) is 0 Å². The van der Waals surface area contributed by atoms with Gasteiger partial charge in [-0.3, -0.25) is 9.80 Å². The van der Waals surface area contributed by atoms with Crippen LogP contribution in [0.1, 0.15) is 26.7 Å². The molecule has 6 heteroatoms. The summed E-state index contributed by atoms with van der Waals surface area (Å²) in [4.78, 5) is 4.61. The fourth-order valence-corrected chi connectivity index (χ4v) is 2.64. The van der Waals surface area contributed by atoms with Gasteiger partial charge in [-0.25, -0.2) is 0 Å². The van der Waals surface area contributed by atoms with Gasteiger partial charge in [0.15, 0.2) is 0 Å². The van der Waals surface area contributed by atoms with Crippen molar-refractivity contribution in [1.82, 2.24) is 9.80 Å². The van der Waals surface area contributed by atoms with E-state index in [9.17, 15) is 5.11 Å². The Morgan fingerprint density at radius 2 is 1.50 bits per heavy atom. The Kier molecular flexibility index (Phi) is 12.3. The first kappa shape index (κ1) is 19.8. The number of aliphatic hydroxyl groups is 1. The van der Waals surface area contributed by atoms with Gasteiger partial charge in [0, 0.05) is 51.9 Å². The molecule has 2 unspecified atom stereocenters. The van der Waals surface area contributed by atoms with Gasteiger partial charge in [-0.2, -0.15) is 0 Å². The molecule has 0 aliphatic carbocycles. The van der Waals surface area contributed by atoms with Crippen LogP contribution in [-0.4, -0.2) is 79.4 Å². The summed E-state index contributed by atoms with van der Waals surface area (Å²) in [5.41, 5.74) is 17.0. The molecule has 0 aromatic rings. The molecule has 6 nitrogen and oxygen atoms in total. The second-order valence-corrected chi connectivity index (χ2v) is 5.40. The molecule has 0 bridgehead atoms. The molecule has 0 spiro atoms. The molecular formula is C14H35N5O. The Hall–Kier alpha value is -0.240. The van der Waals surface area contributed by atoms with E-state index in [1.165, 1.54) is 0 Å². The predicted octanol–water partition coefficient (Wildman–Crippen LogP) is -0.984. The first-order chi connectivity index (χ1) is 9.58. The summed E-state index contributed by atoms with van der Waals surface area (Å²) in [5, 5.41) is 9.52. The smallest absolute Gasteiger partial charge is 0.0639 e. The molecule has 0 saturated heterocycles. The molecule has 0 saturated carbocycles. The first-order valence-corrected chi connectivity index (χ1v) is 7.83. The standard InChI is InChI=1S/C14H35N5O/c1-3-14(19(10-6-16)11-7-17)4-8-18(9-5-15)12-13(2)20/h13-14,20H,3-12,15-17H2,1-2H3. The van der Waals surface area contributed by atoms with Crippen molar-refractivity contribution in [2.24, 2.45) is 17.2 Å². The van der Waals surface area contributed by atoms with Gasteiger partial charge >= 0.3 is 0 Å². The van der Waals surface area contributed by atoms with Gasteiger partial charge in [-0.15, -0.1) is 0 Å². The zero-order valence-corrected chi connectivity index (χ0v) is 13.3. The monoisotopic (exact) mass is 289 g/mol. The van der Waals surface area contributed by atoms with E-state index in [1.807, 2.05) is 6.92 Å². The lowest BCUT2D eigenvalue weighted by molar-refractivity contribution is 0.114. The summed E-state index contributed by atoms with van der Waals surface area (Å²) in [6.45, 7) is 10.2. The second-order valence-electron chi connectivity index (χ2n) is 5.40. The molecule has 0 aromatic heterocycles. The van der Waals surface area contributed by atoms with Crippen LogP contribution in [0.15, 0.2) is 0 Å². The van der Waals surface area contributed by atoms with Crippen LogP contribution in [0, 0.1) is 0 Å². The SMILES string of the molecule is CCC(CCN(CCN)CC(C)O)N(CCN)CCN. The van der Waals surface area contributed by atoms with Crippen molar-refractivity contribution in [2.45, 2.75) is 38.8 Å². The molecule has 20 heavy (non-hydrogen) atoms. The third kappa shape index (κ3) is 8.84.